The molecule has 0 amide bonds. The topological polar surface area (TPSA) is 72.7 Å². The molecule has 0 aromatic heterocycles. The molecule has 1 fully saturated rings. The molecule has 0 bridgehead atoms. The van der Waals surface area contributed by atoms with E-state index in [2.05, 4.69) is 25.7 Å². The first-order chi connectivity index (χ1) is 14.3. The highest BCUT2D eigenvalue weighted by Crippen LogP contribution is 2.31. The van der Waals surface area contributed by atoms with Crippen molar-refractivity contribution < 1.29 is 14.5 Å². The first-order valence-electron chi connectivity index (χ1n) is 10.6. The van der Waals surface area contributed by atoms with Crippen LogP contribution in [0.2, 0.25) is 0 Å². The van der Waals surface area contributed by atoms with Crippen molar-refractivity contribution in [3.05, 3.63) is 69.3 Å². The SMILES string of the molecule is CC(C)(C)c1ccc(COC(=O)c2ccc(N3CCCCCC3)c([N+](=O)[O-])c2)cc1. The average molecular weight is 411 g/mol. The summed E-state index contributed by atoms with van der Waals surface area (Å²) in [6, 6.07) is 12.6. The van der Waals surface area contributed by atoms with Crippen LogP contribution in [0.5, 0.6) is 0 Å². The molecule has 6 nitrogen and oxygen atoms in total. The maximum atomic E-state index is 12.5. The van der Waals surface area contributed by atoms with Crippen molar-refractivity contribution in [1.29, 1.82) is 0 Å². The summed E-state index contributed by atoms with van der Waals surface area (Å²) >= 11 is 0. The number of benzene rings is 2. The normalized spacial score (nSPS) is 14.8. The van der Waals surface area contributed by atoms with Gasteiger partial charge in [0.05, 0.1) is 10.5 Å². The van der Waals surface area contributed by atoms with Crippen LogP contribution >= 0.6 is 0 Å². The molecule has 2 aromatic carbocycles. The third kappa shape index (κ3) is 5.38. The minimum absolute atomic E-state index is 0.0409. The molecule has 0 radical (unpaired) electrons. The van der Waals surface area contributed by atoms with E-state index >= 15 is 0 Å². The van der Waals surface area contributed by atoms with Gasteiger partial charge in [-0.05, 0) is 41.5 Å². The number of nitro benzene ring substituents is 1. The van der Waals surface area contributed by atoms with E-state index < -0.39 is 10.9 Å². The molecule has 160 valence electrons. The smallest absolute Gasteiger partial charge is 0.338 e. The Labute approximate surface area is 178 Å². The Kier molecular flexibility index (Phi) is 6.75. The van der Waals surface area contributed by atoms with Crippen molar-refractivity contribution in [1.82, 2.24) is 0 Å². The molecule has 3 rings (SSSR count). The van der Waals surface area contributed by atoms with Crippen LogP contribution in [0.25, 0.3) is 0 Å². The van der Waals surface area contributed by atoms with E-state index in [0.717, 1.165) is 44.3 Å². The number of anilines is 1. The van der Waals surface area contributed by atoms with Crippen molar-refractivity contribution in [2.75, 3.05) is 18.0 Å². The van der Waals surface area contributed by atoms with Gasteiger partial charge in [-0.3, -0.25) is 10.1 Å². The molecule has 0 unspecified atom stereocenters. The van der Waals surface area contributed by atoms with Gasteiger partial charge >= 0.3 is 5.97 Å². The van der Waals surface area contributed by atoms with Gasteiger partial charge in [0.25, 0.3) is 5.69 Å². The van der Waals surface area contributed by atoms with Crippen LogP contribution in [-0.4, -0.2) is 24.0 Å². The predicted octanol–water partition coefficient (Wildman–Crippen LogP) is 5.63. The van der Waals surface area contributed by atoms with E-state index in [4.69, 9.17) is 4.74 Å². The van der Waals surface area contributed by atoms with Gasteiger partial charge < -0.3 is 9.64 Å². The molecule has 0 atom stereocenters. The zero-order chi connectivity index (χ0) is 21.7. The van der Waals surface area contributed by atoms with Gasteiger partial charge in [-0.25, -0.2) is 4.79 Å². The lowest BCUT2D eigenvalue weighted by molar-refractivity contribution is -0.384. The van der Waals surface area contributed by atoms with Crippen LogP contribution in [0, 0.1) is 10.1 Å². The van der Waals surface area contributed by atoms with Gasteiger partial charge in [-0.2, -0.15) is 0 Å². The van der Waals surface area contributed by atoms with Crippen LogP contribution in [-0.2, 0) is 16.8 Å². The van der Waals surface area contributed by atoms with Gasteiger partial charge in [0.1, 0.15) is 12.3 Å². The summed E-state index contributed by atoms with van der Waals surface area (Å²) in [6.07, 6.45) is 4.33. The summed E-state index contributed by atoms with van der Waals surface area (Å²) in [5, 5.41) is 11.6. The quantitative estimate of drug-likeness (QED) is 0.363. The number of rotatable bonds is 5. The Morgan fingerprint density at radius 2 is 1.67 bits per heavy atom. The Balaban J connectivity index is 1.71. The van der Waals surface area contributed by atoms with E-state index in [1.807, 2.05) is 24.3 Å². The molecule has 1 heterocycles. The highest BCUT2D eigenvalue weighted by molar-refractivity contribution is 5.91. The summed E-state index contributed by atoms with van der Waals surface area (Å²) in [5.41, 5.74) is 2.89. The minimum Gasteiger partial charge on any atom is -0.457 e. The number of hydrogen-bond acceptors (Lipinski definition) is 5. The van der Waals surface area contributed by atoms with E-state index in [1.54, 1.807) is 12.1 Å². The van der Waals surface area contributed by atoms with Crippen molar-refractivity contribution in [2.45, 2.75) is 58.5 Å². The Hall–Kier alpha value is -2.89. The summed E-state index contributed by atoms with van der Waals surface area (Å²) < 4.78 is 5.40. The first-order valence-corrected chi connectivity index (χ1v) is 10.6. The van der Waals surface area contributed by atoms with Crippen LogP contribution < -0.4 is 4.90 Å². The Morgan fingerprint density at radius 1 is 1.03 bits per heavy atom. The molecule has 1 aliphatic rings. The molecule has 0 aliphatic carbocycles. The average Bonchev–Trinajstić information content (AvgIpc) is 3.00. The number of esters is 1. The molecule has 0 N–H and O–H groups in total. The number of carbonyl (C=O) groups is 1. The van der Waals surface area contributed by atoms with Crippen LogP contribution in [0.4, 0.5) is 11.4 Å². The summed E-state index contributed by atoms with van der Waals surface area (Å²) in [7, 11) is 0. The third-order valence-electron chi connectivity index (χ3n) is 5.54. The lowest BCUT2D eigenvalue weighted by atomic mass is 9.87. The van der Waals surface area contributed by atoms with Crippen molar-refractivity contribution in [2.24, 2.45) is 0 Å². The van der Waals surface area contributed by atoms with Crippen LogP contribution in [0.1, 0.15) is 67.9 Å². The molecule has 1 aliphatic heterocycles. The maximum absolute atomic E-state index is 12.5. The number of ether oxygens (including phenoxy) is 1. The van der Waals surface area contributed by atoms with Gasteiger partial charge in [0.2, 0.25) is 0 Å². The largest absolute Gasteiger partial charge is 0.457 e. The number of hydrogen-bond donors (Lipinski definition) is 0. The maximum Gasteiger partial charge on any atom is 0.338 e. The highest BCUT2D eigenvalue weighted by atomic mass is 16.6. The number of nitro groups is 1. The van der Waals surface area contributed by atoms with E-state index in [0.29, 0.717) is 5.69 Å². The second-order valence-corrected chi connectivity index (χ2v) is 8.88. The second kappa shape index (κ2) is 9.28. The fraction of sp³-hybridized carbons (Fsp3) is 0.458. The summed E-state index contributed by atoms with van der Waals surface area (Å²) in [6.45, 7) is 8.16. The zero-order valence-corrected chi connectivity index (χ0v) is 18.0. The Morgan fingerprint density at radius 3 is 2.23 bits per heavy atom. The molecule has 1 saturated heterocycles. The van der Waals surface area contributed by atoms with Gasteiger partial charge in [-0.15, -0.1) is 0 Å². The standard InChI is InChI=1S/C24H30N2O4/c1-24(2,3)20-11-8-18(9-12-20)17-30-23(27)19-10-13-21(22(16-19)26(28)29)25-14-6-4-5-7-15-25/h8-13,16H,4-7,14-15,17H2,1-3H3. The molecular formula is C24H30N2O4. The first kappa shape index (κ1) is 21.8. The van der Waals surface area contributed by atoms with Crippen molar-refractivity contribution in [3.63, 3.8) is 0 Å². The lowest BCUT2D eigenvalue weighted by Gasteiger charge is -2.22. The Bertz CT molecular complexity index is 892. The molecule has 6 heteroatoms. The van der Waals surface area contributed by atoms with Crippen molar-refractivity contribution >= 4 is 17.3 Å². The predicted molar refractivity (Wildman–Crippen MR) is 118 cm³/mol. The van der Waals surface area contributed by atoms with Gasteiger partial charge in [0.15, 0.2) is 0 Å². The summed E-state index contributed by atoms with van der Waals surface area (Å²) in [4.78, 5) is 25.8. The van der Waals surface area contributed by atoms with E-state index in [9.17, 15) is 14.9 Å². The fourth-order valence-corrected chi connectivity index (χ4v) is 3.71. The third-order valence-corrected chi connectivity index (χ3v) is 5.54. The highest BCUT2D eigenvalue weighted by Gasteiger charge is 2.23. The number of nitrogens with zero attached hydrogens (tertiary/aromatic N) is 2. The molecule has 0 spiro atoms. The second-order valence-electron chi connectivity index (χ2n) is 8.88. The molecule has 0 saturated carbocycles. The monoisotopic (exact) mass is 410 g/mol. The van der Waals surface area contributed by atoms with Gasteiger partial charge in [-0.1, -0.05) is 57.9 Å². The fourth-order valence-electron chi connectivity index (χ4n) is 3.71. The van der Waals surface area contributed by atoms with Crippen LogP contribution in [0.15, 0.2) is 42.5 Å². The van der Waals surface area contributed by atoms with E-state index in [-0.39, 0.29) is 23.3 Å². The van der Waals surface area contributed by atoms with E-state index in [1.165, 1.54) is 11.6 Å². The molecular weight excluding hydrogens is 380 g/mol. The van der Waals surface area contributed by atoms with Crippen LogP contribution in [0.3, 0.4) is 0 Å². The zero-order valence-electron chi connectivity index (χ0n) is 18.0. The lowest BCUT2D eigenvalue weighted by Crippen LogP contribution is -2.24. The number of carbonyl (C=O) groups excluding carboxylic acids is 1. The molecule has 30 heavy (non-hydrogen) atoms. The minimum atomic E-state index is -0.555. The van der Waals surface area contributed by atoms with Gasteiger partial charge in [0, 0.05) is 19.2 Å². The van der Waals surface area contributed by atoms with Crippen molar-refractivity contribution in [3.8, 4) is 0 Å². The molecule has 2 aromatic rings. The summed E-state index contributed by atoms with van der Waals surface area (Å²) in [5.74, 6) is -0.555.